The second-order valence-corrected chi connectivity index (χ2v) is 27.4. The first kappa shape index (κ1) is 96.8. The average molecular weight is 1330 g/mol. The third kappa shape index (κ3) is 95.9. The molecule has 0 heterocycles. The Morgan fingerprint density at radius 1 is 0.301 bits per heavy atom. The monoisotopic (exact) mass is 1330 g/mol. The molecule has 0 aromatic rings. The number of rotatable bonds is 69. The van der Waals surface area contributed by atoms with Gasteiger partial charge >= 0.3 is 23.9 Å². The van der Waals surface area contributed by atoms with Crippen molar-refractivity contribution >= 4 is 23.9 Å². The van der Waals surface area contributed by atoms with Crippen LogP contribution in [-0.4, -0.2) is 106 Å². The molecule has 6 N–H and O–H groups in total. The molecule has 0 amide bonds. The van der Waals surface area contributed by atoms with Crippen LogP contribution in [0.25, 0.3) is 0 Å². The van der Waals surface area contributed by atoms with Gasteiger partial charge in [-0.1, -0.05) is 355 Å². The molecular formula is C80H158O13. The lowest BCUT2D eigenvalue weighted by molar-refractivity contribution is -0.148. The SMILES string of the molecule is CCCCCCCCCCCCCCCC(=O)OCC(C)C.CCCCCCCCCCCCCCCCCC(=O)O.CCCCCCCCCCCCCCCCCC(=O)OCC(O)CO.CCCCCC[C@@H](O)C/C=C\CCCCCCCC(=O)OCC(O)CO. The number of aliphatic hydroxyl groups is 5. The third-order valence-electron chi connectivity index (χ3n) is 17.1. The van der Waals surface area contributed by atoms with E-state index in [-0.39, 0.29) is 50.4 Å². The number of esters is 3. The maximum absolute atomic E-state index is 11.4. The summed E-state index contributed by atoms with van der Waals surface area (Å²) >= 11 is 0. The van der Waals surface area contributed by atoms with Gasteiger partial charge in [0.15, 0.2) is 0 Å². The molecule has 13 nitrogen and oxygen atoms in total. The highest BCUT2D eigenvalue weighted by Crippen LogP contribution is 2.18. The first-order chi connectivity index (χ1) is 45.2. The fraction of sp³-hybridized carbons (Fsp3) is 0.925. The topological polar surface area (TPSA) is 217 Å². The zero-order valence-electron chi connectivity index (χ0n) is 62.3. The molecule has 0 saturated heterocycles. The predicted molar refractivity (Wildman–Crippen MR) is 392 cm³/mol. The molecule has 0 rings (SSSR count). The van der Waals surface area contributed by atoms with Gasteiger partial charge in [0.05, 0.1) is 25.9 Å². The summed E-state index contributed by atoms with van der Waals surface area (Å²) in [6.07, 6.45) is 73.4. The van der Waals surface area contributed by atoms with Crippen LogP contribution in [0, 0.1) is 5.92 Å². The van der Waals surface area contributed by atoms with Gasteiger partial charge < -0.3 is 44.8 Å². The van der Waals surface area contributed by atoms with E-state index in [9.17, 15) is 24.3 Å². The molecule has 0 saturated carbocycles. The Kier molecular flexibility index (Phi) is 89.0. The molecule has 0 aromatic heterocycles. The van der Waals surface area contributed by atoms with Crippen molar-refractivity contribution < 1.29 is 64.0 Å². The van der Waals surface area contributed by atoms with Gasteiger partial charge in [0.25, 0.3) is 0 Å². The molecule has 2 unspecified atom stereocenters. The Morgan fingerprint density at radius 3 is 0.796 bits per heavy atom. The van der Waals surface area contributed by atoms with Gasteiger partial charge in [0, 0.05) is 25.7 Å². The van der Waals surface area contributed by atoms with Crippen molar-refractivity contribution in [1.29, 1.82) is 0 Å². The molecule has 93 heavy (non-hydrogen) atoms. The van der Waals surface area contributed by atoms with Gasteiger partial charge in [0.1, 0.15) is 25.4 Å². The Bertz CT molecular complexity index is 1490. The molecule has 13 heteroatoms. The summed E-state index contributed by atoms with van der Waals surface area (Å²) in [5.74, 6) is -0.817. The van der Waals surface area contributed by atoms with Gasteiger partial charge in [-0.15, -0.1) is 0 Å². The van der Waals surface area contributed by atoms with Crippen molar-refractivity contribution in [2.75, 3.05) is 33.0 Å². The predicted octanol–water partition coefficient (Wildman–Crippen LogP) is 22.0. The number of aliphatic carboxylic acids is 1. The lowest BCUT2D eigenvalue weighted by Gasteiger charge is -2.08. The minimum Gasteiger partial charge on any atom is -0.481 e. The maximum atomic E-state index is 11.4. The van der Waals surface area contributed by atoms with Crippen molar-refractivity contribution in [2.24, 2.45) is 5.92 Å². The number of carboxylic acids is 1. The van der Waals surface area contributed by atoms with Gasteiger partial charge in [0.2, 0.25) is 0 Å². The van der Waals surface area contributed by atoms with Crippen molar-refractivity contribution in [1.82, 2.24) is 0 Å². The summed E-state index contributed by atoms with van der Waals surface area (Å²) < 4.78 is 14.9. The van der Waals surface area contributed by atoms with Crippen LogP contribution >= 0.6 is 0 Å². The highest BCUT2D eigenvalue weighted by atomic mass is 16.5. The van der Waals surface area contributed by atoms with Gasteiger partial charge in [-0.05, 0) is 57.3 Å². The second-order valence-electron chi connectivity index (χ2n) is 27.4. The largest absolute Gasteiger partial charge is 0.481 e. The van der Waals surface area contributed by atoms with Gasteiger partial charge in [-0.3, -0.25) is 19.2 Å². The quantitative estimate of drug-likeness (QED) is 0.0145. The Hall–Kier alpha value is -2.58. The molecule has 0 aliphatic heterocycles. The van der Waals surface area contributed by atoms with Gasteiger partial charge in [-0.2, -0.15) is 0 Å². The zero-order chi connectivity index (χ0) is 69.4. The Morgan fingerprint density at radius 2 is 0.538 bits per heavy atom. The van der Waals surface area contributed by atoms with E-state index in [4.69, 9.17) is 39.7 Å². The van der Waals surface area contributed by atoms with Crippen LogP contribution in [0.15, 0.2) is 12.2 Å². The maximum Gasteiger partial charge on any atom is 0.305 e. The van der Waals surface area contributed by atoms with Crippen molar-refractivity contribution in [3.05, 3.63) is 12.2 Å². The number of carboxylic acid groups (broad SMARTS) is 1. The van der Waals surface area contributed by atoms with E-state index < -0.39 is 18.2 Å². The highest BCUT2D eigenvalue weighted by Gasteiger charge is 2.10. The van der Waals surface area contributed by atoms with Gasteiger partial charge in [-0.25, -0.2) is 0 Å². The number of unbranched alkanes of at least 4 members (excludes halogenated alkanes) is 48. The number of aliphatic hydroxyl groups excluding tert-OH is 5. The summed E-state index contributed by atoms with van der Waals surface area (Å²) in [6.45, 7) is 12.7. The summed E-state index contributed by atoms with van der Waals surface area (Å²) in [5, 5.41) is 53.8. The van der Waals surface area contributed by atoms with E-state index in [1.807, 2.05) is 0 Å². The van der Waals surface area contributed by atoms with Crippen molar-refractivity contribution in [3.63, 3.8) is 0 Å². The number of ether oxygens (including phenoxy) is 3. The number of carbonyl (C=O) groups is 4. The zero-order valence-corrected chi connectivity index (χ0v) is 62.3. The normalized spacial score (nSPS) is 12.1. The van der Waals surface area contributed by atoms with Crippen LogP contribution in [-0.2, 0) is 33.4 Å². The molecule has 0 radical (unpaired) electrons. The van der Waals surface area contributed by atoms with Crippen LogP contribution in [0.3, 0.4) is 0 Å². The lowest BCUT2D eigenvalue weighted by Crippen LogP contribution is -2.21. The molecule has 0 aliphatic rings. The summed E-state index contributed by atoms with van der Waals surface area (Å²) in [5.41, 5.74) is 0. The fourth-order valence-electron chi connectivity index (χ4n) is 10.9. The molecule has 0 bridgehead atoms. The van der Waals surface area contributed by atoms with Crippen LogP contribution < -0.4 is 0 Å². The van der Waals surface area contributed by atoms with E-state index in [0.29, 0.717) is 38.2 Å². The minimum atomic E-state index is -0.978. The molecule has 3 atom stereocenters. The van der Waals surface area contributed by atoms with Crippen LogP contribution in [0.1, 0.15) is 420 Å². The Balaban J connectivity index is -0.000000571. The third-order valence-corrected chi connectivity index (χ3v) is 17.1. The summed E-state index contributed by atoms with van der Waals surface area (Å²) in [4.78, 5) is 44.5. The van der Waals surface area contributed by atoms with Crippen LogP contribution in [0.2, 0.25) is 0 Å². The standard InChI is InChI=1S/C21H40O5.C21H42O4.C20H40O2.C18H36O2/c1-2-3-4-11-14-19(23)15-12-9-7-5-6-8-10-13-16-21(25)26-18-20(24)17-22;1-2-3-4-5-6-7-8-9-10-11-12-13-14-15-16-17-21(24)25-19-20(23)18-22;1-4-5-6-7-8-9-10-11-12-13-14-15-16-17-20(21)22-18-19(2)3;1-2-3-4-5-6-7-8-9-10-11-12-13-14-15-16-17-18(19)20/h9,12,19-20,22-24H,2-8,10-11,13-18H2,1H3;20,22-23H,2-19H2,1H3;19H,4-18H2,1-3H3;2-17H2,1H3,(H,19,20)/b12-9-;;;/t19-,20?;;;/m1.../s1. The van der Waals surface area contributed by atoms with Crippen molar-refractivity contribution in [2.45, 2.75) is 439 Å². The van der Waals surface area contributed by atoms with Crippen LogP contribution in [0.5, 0.6) is 0 Å². The number of carbonyl (C=O) groups excluding carboxylic acids is 3. The van der Waals surface area contributed by atoms with E-state index in [1.165, 1.54) is 263 Å². The first-order valence-corrected chi connectivity index (χ1v) is 39.8. The lowest BCUT2D eigenvalue weighted by atomic mass is 10.0. The van der Waals surface area contributed by atoms with E-state index in [1.54, 1.807) is 0 Å². The number of hydrogen-bond donors (Lipinski definition) is 6. The fourth-order valence-corrected chi connectivity index (χ4v) is 10.9. The first-order valence-electron chi connectivity index (χ1n) is 39.8. The molecule has 0 spiro atoms. The minimum absolute atomic E-state index is 0.0169. The van der Waals surface area contributed by atoms with E-state index >= 15 is 0 Å². The van der Waals surface area contributed by atoms with E-state index in [0.717, 1.165) is 89.9 Å². The smallest absolute Gasteiger partial charge is 0.305 e. The van der Waals surface area contributed by atoms with E-state index in [2.05, 4.69) is 53.7 Å². The van der Waals surface area contributed by atoms with Crippen LogP contribution in [0.4, 0.5) is 0 Å². The molecule has 0 fully saturated rings. The number of hydrogen-bond acceptors (Lipinski definition) is 12. The summed E-state index contributed by atoms with van der Waals surface area (Å²) in [6, 6.07) is 0. The highest BCUT2D eigenvalue weighted by molar-refractivity contribution is 5.70. The van der Waals surface area contributed by atoms with Crippen molar-refractivity contribution in [3.8, 4) is 0 Å². The average Bonchev–Trinajstić information content (AvgIpc) is 3.72. The molecule has 0 aliphatic carbocycles. The number of allylic oxidation sites excluding steroid dienone is 1. The molecular weight excluding hydrogens is 1170 g/mol. The molecule has 0 aromatic carbocycles. The molecule has 556 valence electrons. The second kappa shape index (κ2) is 85.5. The Labute approximate surface area is 575 Å². The summed E-state index contributed by atoms with van der Waals surface area (Å²) in [7, 11) is 0.